The summed E-state index contributed by atoms with van der Waals surface area (Å²) in [7, 11) is 0. The van der Waals surface area contributed by atoms with Crippen molar-refractivity contribution in [3.05, 3.63) is 0 Å². The Balaban J connectivity index is 2.70. The van der Waals surface area contributed by atoms with Gasteiger partial charge in [0.25, 0.3) is 0 Å². The van der Waals surface area contributed by atoms with E-state index in [4.69, 9.17) is 20.4 Å². The van der Waals surface area contributed by atoms with Gasteiger partial charge in [-0.2, -0.15) is 0 Å². The fourth-order valence-electron chi connectivity index (χ4n) is 1.05. The molecular weight excluding hydrogens is 152 g/mol. The summed E-state index contributed by atoms with van der Waals surface area (Å²) in [6, 6.07) is 0. The van der Waals surface area contributed by atoms with E-state index in [1.54, 1.807) is 0 Å². The molecule has 1 rings (SSSR count). The number of hydrogen-bond acceptors (Lipinski definition) is 5. The number of aliphatic hydroxyl groups excluding tert-OH is 4. The van der Waals surface area contributed by atoms with Gasteiger partial charge in [-0.25, -0.2) is 0 Å². The van der Waals surface area contributed by atoms with Crippen LogP contribution in [0.15, 0.2) is 0 Å². The molecule has 0 spiro atoms. The highest BCUT2D eigenvalue weighted by Crippen LogP contribution is 2.16. The molecule has 4 atom stereocenters. The molecular formula is C6H10O5. The van der Waals surface area contributed by atoms with Gasteiger partial charge >= 0.3 is 0 Å². The zero-order valence-electron chi connectivity index (χ0n) is 5.71. The van der Waals surface area contributed by atoms with Crippen molar-refractivity contribution in [3.63, 3.8) is 0 Å². The van der Waals surface area contributed by atoms with Crippen LogP contribution >= 0.6 is 0 Å². The lowest BCUT2D eigenvalue weighted by atomic mass is 9.89. The Hall–Kier alpha value is -0.490. The molecule has 0 heterocycles. The largest absolute Gasteiger partial charge is 0.390 e. The van der Waals surface area contributed by atoms with Crippen molar-refractivity contribution in [3.8, 4) is 0 Å². The van der Waals surface area contributed by atoms with Crippen molar-refractivity contribution < 1.29 is 25.2 Å². The number of aliphatic hydroxyl groups is 4. The standard InChI is InChI=1S/C6H10O5/c7-2-1-3(8)5(10)6(11)4(2)9/h2,4-7,9-11H,1H2/t2-,4-,5-,6-/m0/s1. The van der Waals surface area contributed by atoms with E-state index in [9.17, 15) is 4.79 Å². The Morgan fingerprint density at radius 1 is 1.09 bits per heavy atom. The van der Waals surface area contributed by atoms with Crippen molar-refractivity contribution in [2.24, 2.45) is 0 Å². The Morgan fingerprint density at radius 3 is 2.18 bits per heavy atom. The van der Waals surface area contributed by atoms with Gasteiger partial charge in [-0.05, 0) is 0 Å². The SMILES string of the molecule is O=C1C[C@H](O)[C@H](O)[C@H](O)[C@H]1O. The highest BCUT2D eigenvalue weighted by molar-refractivity contribution is 5.85. The van der Waals surface area contributed by atoms with Crippen LogP contribution in [-0.4, -0.2) is 50.6 Å². The summed E-state index contributed by atoms with van der Waals surface area (Å²) in [6.07, 6.45) is -6.12. The summed E-state index contributed by atoms with van der Waals surface area (Å²) < 4.78 is 0. The number of Topliss-reactive ketones (excluding diaryl/α,β-unsaturated/α-hetero) is 1. The first-order valence-corrected chi connectivity index (χ1v) is 3.29. The smallest absolute Gasteiger partial charge is 0.166 e. The van der Waals surface area contributed by atoms with Crippen molar-refractivity contribution >= 4 is 5.78 Å². The van der Waals surface area contributed by atoms with Crippen LogP contribution in [0.1, 0.15) is 6.42 Å². The van der Waals surface area contributed by atoms with E-state index in [1.165, 1.54) is 0 Å². The average Bonchev–Trinajstić information content (AvgIpc) is 1.97. The Bertz CT molecular complexity index is 168. The van der Waals surface area contributed by atoms with Gasteiger partial charge in [0, 0.05) is 6.42 Å². The molecule has 1 saturated carbocycles. The van der Waals surface area contributed by atoms with Crippen LogP contribution in [0, 0.1) is 0 Å². The molecule has 11 heavy (non-hydrogen) atoms. The van der Waals surface area contributed by atoms with E-state index in [2.05, 4.69) is 0 Å². The second kappa shape index (κ2) is 2.86. The molecule has 64 valence electrons. The topological polar surface area (TPSA) is 98.0 Å². The van der Waals surface area contributed by atoms with Crippen LogP contribution in [0.3, 0.4) is 0 Å². The summed E-state index contributed by atoms with van der Waals surface area (Å²) in [5, 5.41) is 35.6. The lowest BCUT2D eigenvalue weighted by Gasteiger charge is -2.30. The van der Waals surface area contributed by atoms with Gasteiger partial charge in [0.1, 0.15) is 18.3 Å². The lowest BCUT2D eigenvalue weighted by Crippen LogP contribution is -2.53. The summed E-state index contributed by atoms with van der Waals surface area (Å²) in [5.74, 6) is -0.643. The highest BCUT2D eigenvalue weighted by Gasteiger charge is 2.40. The molecule has 0 aromatic heterocycles. The van der Waals surface area contributed by atoms with Crippen LogP contribution in [0.25, 0.3) is 0 Å². The number of carbonyl (C=O) groups is 1. The second-order valence-electron chi connectivity index (χ2n) is 2.66. The first kappa shape index (κ1) is 8.61. The fraction of sp³-hybridized carbons (Fsp3) is 0.833. The Kier molecular flexibility index (Phi) is 2.24. The van der Waals surface area contributed by atoms with E-state index in [1.807, 2.05) is 0 Å². The minimum atomic E-state index is -1.56. The zero-order valence-corrected chi connectivity index (χ0v) is 5.71. The maximum Gasteiger partial charge on any atom is 0.166 e. The average molecular weight is 162 g/mol. The lowest BCUT2D eigenvalue weighted by molar-refractivity contribution is -0.162. The normalized spacial score (nSPS) is 46.0. The molecule has 1 aliphatic carbocycles. The molecule has 0 unspecified atom stereocenters. The molecule has 4 N–H and O–H groups in total. The number of ketones is 1. The van der Waals surface area contributed by atoms with E-state index in [0.29, 0.717) is 0 Å². The van der Waals surface area contributed by atoms with Gasteiger partial charge in [-0.3, -0.25) is 4.79 Å². The Labute approximate surface area is 62.9 Å². The fourth-order valence-corrected chi connectivity index (χ4v) is 1.05. The minimum Gasteiger partial charge on any atom is -0.390 e. The molecule has 5 heteroatoms. The molecule has 0 bridgehead atoms. The number of hydrogen-bond donors (Lipinski definition) is 4. The van der Waals surface area contributed by atoms with Crippen LogP contribution in [0.2, 0.25) is 0 Å². The second-order valence-corrected chi connectivity index (χ2v) is 2.66. The van der Waals surface area contributed by atoms with Crippen molar-refractivity contribution in [1.29, 1.82) is 0 Å². The van der Waals surface area contributed by atoms with Gasteiger partial charge in [-0.1, -0.05) is 0 Å². The molecule has 1 aliphatic rings. The molecule has 5 nitrogen and oxygen atoms in total. The van der Waals surface area contributed by atoms with E-state index in [0.717, 1.165) is 0 Å². The molecule has 1 fully saturated rings. The third-order valence-corrected chi connectivity index (χ3v) is 1.81. The van der Waals surface area contributed by atoms with Crippen LogP contribution < -0.4 is 0 Å². The minimum absolute atomic E-state index is 0.306. The van der Waals surface area contributed by atoms with Crippen LogP contribution in [0.5, 0.6) is 0 Å². The van der Waals surface area contributed by atoms with Crippen molar-refractivity contribution in [1.82, 2.24) is 0 Å². The molecule has 0 aromatic rings. The van der Waals surface area contributed by atoms with E-state index < -0.39 is 30.2 Å². The van der Waals surface area contributed by atoms with Crippen molar-refractivity contribution in [2.75, 3.05) is 0 Å². The zero-order chi connectivity index (χ0) is 8.59. The summed E-state index contributed by atoms with van der Waals surface area (Å²) in [5.41, 5.74) is 0. The molecule has 0 radical (unpaired) electrons. The van der Waals surface area contributed by atoms with E-state index in [-0.39, 0.29) is 6.42 Å². The maximum atomic E-state index is 10.7. The van der Waals surface area contributed by atoms with Crippen LogP contribution in [0.4, 0.5) is 0 Å². The first-order chi connectivity index (χ1) is 5.04. The van der Waals surface area contributed by atoms with E-state index >= 15 is 0 Å². The predicted octanol–water partition coefficient (Wildman–Crippen LogP) is -2.60. The monoisotopic (exact) mass is 162 g/mol. The Morgan fingerprint density at radius 2 is 1.64 bits per heavy atom. The third kappa shape index (κ3) is 1.41. The quantitative estimate of drug-likeness (QED) is 0.313. The van der Waals surface area contributed by atoms with Gasteiger partial charge < -0.3 is 20.4 Å². The molecule has 0 aromatic carbocycles. The maximum absolute atomic E-state index is 10.7. The molecule has 0 amide bonds. The van der Waals surface area contributed by atoms with Gasteiger partial charge in [-0.15, -0.1) is 0 Å². The van der Waals surface area contributed by atoms with Gasteiger partial charge in [0.15, 0.2) is 5.78 Å². The third-order valence-electron chi connectivity index (χ3n) is 1.81. The first-order valence-electron chi connectivity index (χ1n) is 3.29. The van der Waals surface area contributed by atoms with Crippen LogP contribution in [-0.2, 0) is 4.79 Å². The molecule has 0 aliphatic heterocycles. The summed E-state index contributed by atoms with van der Waals surface area (Å²) >= 11 is 0. The predicted molar refractivity (Wildman–Crippen MR) is 33.7 cm³/mol. The number of rotatable bonds is 0. The number of carbonyl (C=O) groups excluding carboxylic acids is 1. The van der Waals surface area contributed by atoms with Gasteiger partial charge in [0.05, 0.1) is 6.10 Å². The summed E-state index contributed by atoms with van der Waals surface area (Å²) in [4.78, 5) is 10.7. The van der Waals surface area contributed by atoms with Crippen molar-refractivity contribution in [2.45, 2.75) is 30.8 Å². The highest BCUT2D eigenvalue weighted by atomic mass is 16.4. The summed E-state index contributed by atoms with van der Waals surface area (Å²) in [6.45, 7) is 0. The van der Waals surface area contributed by atoms with Gasteiger partial charge in [0.2, 0.25) is 0 Å². The molecule has 0 saturated heterocycles.